The molecule has 0 aromatic carbocycles. The summed E-state index contributed by atoms with van der Waals surface area (Å²) in [5.74, 6) is 0.777. The summed E-state index contributed by atoms with van der Waals surface area (Å²) in [6, 6.07) is 4.19. The van der Waals surface area contributed by atoms with E-state index in [1.54, 1.807) is 37.4 Å². The summed E-state index contributed by atoms with van der Waals surface area (Å²) in [5, 5.41) is 5.15. The number of likely N-dealkylation sites (N-methyl/N-ethyl adjacent to an activating group) is 2. The fourth-order valence-electron chi connectivity index (χ4n) is 1.54. The van der Waals surface area contributed by atoms with Gasteiger partial charge in [0.05, 0.1) is 6.54 Å². The number of carbonyl (C=O) groups is 1. The van der Waals surface area contributed by atoms with Gasteiger partial charge in [0.2, 0.25) is 5.91 Å². The van der Waals surface area contributed by atoms with Crippen LogP contribution in [0, 0.1) is 0 Å². The molecule has 5 nitrogen and oxygen atoms in total. The number of carbonyl (C=O) groups excluding carboxylic acids is 1. The summed E-state index contributed by atoms with van der Waals surface area (Å²) in [6.07, 6.45) is 0.983. The van der Waals surface area contributed by atoms with Crippen molar-refractivity contribution in [3.63, 3.8) is 0 Å². The zero-order valence-electron chi connectivity index (χ0n) is 12.4. The van der Waals surface area contributed by atoms with Crippen LogP contribution in [0.15, 0.2) is 22.5 Å². The molecular formula is C13H23IN4OS. The smallest absolute Gasteiger partial charge is 0.241 e. The zero-order chi connectivity index (χ0) is 14.3. The average molecular weight is 410 g/mol. The number of guanidine groups is 1. The van der Waals surface area contributed by atoms with E-state index in [4.69, 9.17) is 0 Å². The number of amides is 1. The lowest BCUT2D eigenvalue weighted by atomic mass is 10.3. The first kappa shape index (κ1) is 19.2. The second kappa shape index (κ2) is 9.98. The Labute approximate surface area is 142 Å². The van der Waals surface area contributed by atoms with Crippen LogP contribution in [0.1, 0.15) is 4.88 Å². The quantitative estimate of drug-likeness (QED) is 0.455. The Morgan fingerprint density at radius 3 is 2.60 bits per heavy atom. The van der Waals surface area contributed by atoms with Crippen LogP contribution in [0.4, 0.5) is 0 Å². The maximum atomic E-state index is 11.5. The van der Waals surface area contributed by atoms with Crippen molar-refractivity contribution in [2.45, 2.75) is 6.42 Å². The molecule has 0 saturated heterocycles. The molecule has 0 saturated carbocycles. The zero-order valence-corrected chi connectivity index (χ0v) is 15.6. The van der Waals surface area contributed by atoms with Gasteiger partial charge in [-0.15, -0.1) is 35.3 Å². The van der Waals surface area contributed by atoms with Gasteiger partial charge in [-0.1, -0.05) is 6.07 Å². The molecule has 20 heavy (non-hydrogen) atoms. The van der Waals surface area contributed by atoms with Crippen molar-refractivity contribution >= 4 is 47.2 Å². The van der Waals surface area contributed by atoms with Gasteiger partial charge < -0.3 is 15.1 Å². The second-order valence-electron chi connectivity index (χ2n) is 4.44. The molecule has 0 aliphatic rings. The van der Waals surface area contributed by atoms with Gasteiger partial charge in [0.15, 0.2) is 5.96 Å². The lowest BCUT2D eigenvalue weighted by Crippen LogP contribution is -2.44. The Balaban J connectivity index is 0.00000361. The summed E-state index contributed by atoms with van der Waals surface area (Å²) >= 11 is 1.76. The second-order valence-corrected chi connectivity index (χ2v) is 5.47. The van der Waals surface area contributed by atoms with Gasteiger partial charge in [-0.2, -0.15) is 0 Å². The van der Waals surface area contributed by atoms with Crippen molar-refractivity contribution < 1.29 is 4.79 Å². The SMILES string of the molecule is CN=C(NCC(=O)N(C)C)N(C)CCc1cccs1.I. The molecule has 0 spiro atoms. The van der Waals surface area contributed by atoms with Crippen molar-refractivity contribution in [1.29, 1.82) is 0 Å². The van der Waals surface area contributed by atoms with Crippen molar-refractivity contribution in [3.8, 4) is 0 Å². The average Bonchev–Trinajstić information content (AvgIpc) is 2.89. The molecule has 114 valence electrons. The lowest BCUT2D eigenvalue weighted by molar-refractivity contribution is -0.127. The first-order valence-corrected chi connectivity index (χ1v) is 7.07. The third-order valence-electron chi connectivity index (χ3n) is 2.74. The summed E-state index contributed by atoms with van der Waals surface area (Å²) in [4.78, 5) is 20.7. The highest BCUT2D eigenvalue weighted by Crippen LogP contribution is 2.09. The molecule has 1 aromatic heterocycles. The van der Waals surface area contributed by atoms with E-state index < -0.39 is 0 Å². The number of aliphatic imine (C=N–C) groups is 1. The van der Waals surface area contributed by atoms with Gasteiger partial charge in [0, 0.05) is 39.6 Å². The van der Waals surface area contributed by atoms with E-state index in [1.165, 1.54) is 4.88 Å². The van der Waals surface area contributed by atoms with Gasteiger partial charge >= 0.3 is 0 Å². The predicted octanol–water partition coefficient (Wildman–Crippen LogP) is 1.50. The standard InChI is InChI=1S/C13H22N4OS.HI/c1-14-13(15-10-12(18)16(2)3)17(4)8-7-11-6-5-9-19-11;/h5-6,9H,7-8,10H2,1-4H3,(H,14,15);1H. The van der Waals surface area contributed by atoms with Crippen LogP contribution < -0.4 is 5.32 Å². The molecule has 0 unspecified atom stereocenters. The van der Waals surface area contributed by atoms with E-state index in [2.05, 4.69) is 27.8 Å². The Kier molecular flexibility index (Phi) is 9.56. The van der Waals surface area contributed by atoms with Crippen molar-refractivity contribution in [3.05, 3.63) is 22.4 Å². The summed E-state index contributed by atoms with van der Waals surface area (Å²) in [6.45, 7) is 1.14. The van der Waals surface area contributed by atoms with E-state index in [1.807, 2.05) is 11.9 Å². The van der Waals surface area contributed by atoms with Crippen LogP contribution in [0.2, 0.25) is 0 Å². The number of hydrogen-bond acceptors (Lipinski definition) is 3. The van der Waals surface area contributed by atoms with Gasteiger partial charge in [-0.05, 0) is 17.9 Å². The van der Waals surface area contributed by atoms with Crippen LogP contribution in [-0.4, -0.2) is 62.9 Å². The minimum Gasteiger partial charge on any atom is -0.347 e. The molecule has 7 heteroatoms. The molecule has 0 aliphatic heterocycles. The van der Waals surface area contributed by atoms with Crippen LogP contribution in [-0.2, 0) is 11.2 Å². The number of hydrogen-bond donors (Lipinski definition) is 1. The van der Waals surface area contributed by atoms with Crippen molar-refractivity contribution in [2.75, 3.05) is 41.3 Å². The van der Waals surface area contributed by atoms with Gasteiger partial charge in [0.1, 0.15) is 0 Å². The topological polar surface area (TPSA) is 47.9 Å². The minimum absolute atomic E-state index is 0. The molecule has 0 bridgehead atoms. The molecule has 0 radical (unpaired) electrons. The fraction of sp³-hybridized carbons (Fsp3) is 0.538. The number of halogens is 1. The molecule has 0 fully saturated rings. The Morgan fingerprint density at radius 1 is 1.40 bits per heavy atom. The number of rotatable bonds is 5. The monoisotopic (exact) mass is 410 g/mol. The normalized spacial score (nSPS) is 10.7. The molecule has 1 aromatic rings. The van der Waals surface area contributed by atoms with E-state index in [9.17, 15) is 4.79 Å². The van der Waals surface area contributed by atoms with Gasteiger partial charge in [-0.3, -0.25) is 9.79 Å². The van der Waals surface area contributed by atoms with Crippen molar-refractivity contribution in [2.24, 2.45) is 4.99 Å². The summed E-state index contributed by atoms with van der Waals surface area (Å²) in [7, 11) is 7.19. The largest absolute Gasteiger partial charge is 0.347 e. The highest BCUT2D eigenvalue weighted by atomic mass is 127. The molecular weight excluding hydrogens is 387 g/mol. The third kappa shape index (κ3) is 6.56. The van der Waals surface area contributed by atoms with Gasteiger partial charge in [0.25, 0.3) is 0 Å². The Bertz CT molecular complexity index is 420. The number of nitrogens with one attached hydrogen (secondary N) is 1. The van der Waals surface area contributed by atoms with E-state index >= 15 is 0 Å². The van der Waals surface area contributed by atoms with Crippen molar-refractivity contribution in [1.82, 2.24) is 15.1 Å². The highest BCUT2D eigenvalue weighted by molar-refractivity contribution is 14.0. The molecule has 0 aliphatic carbocycles. The minimum atomic E-state index is 0. The van der Waals surface area contributed by atoms with Crippen LogP contribution in [0.5, 0.6) is 0 Å². The molecule has 1 heterocycles. The highest BCUT2D eigenvalue weighted by Gasteiger charge is 2.09. The van der Waals surface area contributed by atoms with Gasteiger partial charge in [-0.25, -0.2) is 0 Å². The lowest BCUT2D eigenvalue weighted by Gasteiger charge is -2.22. The van der Waals surface area contributed by atoms with Crippen LogP contribution in [0.3, 0.4) is 0 Å². The molecule has 0 atom stereocenters. The summed E-state index contributed by atoms with van der Waals surface area (Å²) in [5.41, 5.74) is 0. The molecule has 1 rings (SSSR count). The first-order valence-electron chi connectivity index (χ1n) is 6.19. The molecule has 1 N–H and O–H groups in total. The van der Waals surface area contributed by atoms with E-state index in [-0.39, 0.29) is 36.4 Å². The van der Waals surface area contributed by atoms with E-state index in [0.29, 0.717) is 0 Å². The Hall–Kier alpha value is -0.830. The number of thiophene rings is 1. The Morgan fingerprint density at radius 2 is 2.10 bits per heavy atom. The number of nitrogens with zero attached hydrogens (tertiary/aromatic N) is 3. The summed E-state index contributed by atoms with van der Waals surface area (Å²) < 4.78 is 0. The predicted molar refractivity (Wildman–Crippen MR) is 96.1 cm³/mol. The third-order valence-corrected chi connectivity index (χ3v) is 3.68. The maximum absolute atomic E-state index is 11.5. The maximum Gasteiger partial charge on any atom is 0.241 e. The van der Waals surface area contributed by atoms with Crippen LogP contribution in [0.25, 0.3) is 0 Å². The fourth-order valence-corrected chi connectivity index (χ4v) is 2.23. The van der Waals surface area contributed by atoms with Crippen LogP contribution >= 0.6 is 35.3 Å². The van der Waals surface area contributed by atoms with E-state index in [0.717, 1.165) is 18.9 Å². The molecule has 1 amide bonds. The first-order chi connectivity index (χ1) is 9.04.